The maximum absolute atomic E-state index is 12.6. The number of hydrogen-bond acceptors (Lipinski definition) is 38. The van der Waals surface area contributed by atoms with Crippen molar-refractivity contribution in [2.45, 2.75) is 242 Å². The molecular weight excluding hydrogens is 1340 g/mol. The number of carboxylic acids is 1. The lowest BCUT2D eigenvalue weighted by atomic mass is 9.95. The molecule has 7 aliphatic rings. The molecule has 8 rings (SSSR count). The van der Waals surface area contributed by atoms with Gasteiger partial charge in [0.15, 0.2) is 37.7 Å². The quantitative estimate of drug-likeness (QED) is 0.0409. The molecule has 560 valence electrons. The van der Waals surface area contributed by atoms with Crippen molar-refractivity contribution in [2.24, 2.45) is 0 Å². The molecule has 0 aliphatic carbocycles. The van der Waals surface area contributed by atoms with Crippen LogP contribution in [-0.2, 0) is 87.3 Å². The van der Waals surface area contributed by atoms with Gasteiger partial charge in [-0.1, -0.05) is 12.1 Å². The van der Waals surface area contributed by atoms with Crippen molar-refractivity contribution in [3.05, 3.63) is 29.8 Å². The molecule has 3 amide bonds. The van der Waals surface area contributed by atoms with Gasteiger partial charge in [0.1, 0.15) is 183 Å². The molecule has 23 N–H and O–H groups in total. The van der Waals surface area contributed by atoms with Gasteiger partial charge >= 0.3 is 12.1 Å². The number of nitrogens with one attached hydrogen (secondary N) is 3. The van der Waals surface area contributed by atoms with Crippen LogP contribution in [-0.4, -0.2) is 387 Å². The van der Waals surface area contributed by atoms with Gasteiger partial charge in [0, 0.05) is 0 Å². The number of hydrogen-bond donors (Lipinski definition) is 23. The van der Waals surface area contributed by atoms with E-state index >= 15 is 0 Å². The normalized spacial score (nSPS) is 43.3. The molecule has 7 fully saturated rings. The third-order valence-corrected chi connectivity index (χ3v) is 17.0. The number of amides is 3. The molecule has 35 atom stereocenters. The predicted molar refractivity (Wildman–Crippen MR) is 304 cm³/mol. The van der Waals surface area contributed by atoms with E-state index in [2.05, 4.69) is 16.0 Å². The number of carbonyl (C=O) groups is 4. The maximum atomic E-state index is 12.6. The highest BCUT2D eigenvalue weighted by molar-refractivity contribution is 5.92. The van der Waals surface area contributed by atoms with Crippen LogP contribution in [0.5, 0.6) is 5.75 Å². The van der Waals surface area contributed by atoms with Crippen molar-refractivity contribution in [3.8, 4) is 5.75 Å². The van der Waals surface area contributed by atoms with Crippen LogP contribution < -0.4 is 20.7 Å². The first-order valence-corrected chi connectivity index (χ1v) is 31.0. The summed E-state index contributed by atoms with van der Waals surface area (Å²) in [5.41, 5.74) is 0.360. The Morgan fingerprint density at radius 3 is 1.18 bits per heavy atom. The zero-order chi connectivity index (χ0) is 71.9. The van der Waals surface area contributed by atoms with Crippen molar-refractivity contribution >= 4 is 23.9 Å². The Morgan fingerprint density at radius 1 is 0.418 bits per heavy atom. The summed E-state index contributed by atoms with van der Waals surface area (Å²) in [4.78, 5) is 48.4. The SMILES string of the molecule is C[C@H](NC(=O)[C@H](C)NC(=O)[C@H](C)NC(=O)OCc1ccc(O[C@@H]2O[C@@H](CO)[C@@H](O[C@@H]3OC(CO[C@H]4OC[C@@H](O)C(O)[C@@H]4O)[C@@H](O[C@@H]4OC(CO[C@H]5OC[C@@H](O)C(O)C5O)[C@@H](O[C@@H]5OC(CO[C@H]6OC[C@@H](O)C(O)[C@@H]6O)[C@@H](O)C(O)[C@@H]5O)C(O)C4O)C(O)[C@@H]3O)C(O)C2O)cc1)C(=O)O. The lowest BCUT2D eigenvalue weighted by Crippen LogP contribution is -2.68. The summed E-state index contributed by atoms with van der Waals surface area (Å²) in [6.45, 7) is -1.80. The van der Waals surface area contributed by atoms with E-state index in [-0.39, 0.29) is 12.4 Å². The summed E-state index contributed by atoms with van der Waals surface area (Å²) in [5, 5.41) is 222. The van der Waals surface area contributed by atoms with E-state index in [0.717, 1.165) is 0 Å². The fraction of sp³-hybridized carbons (Fsp3) is 0.821. The average molecular weight is 1430 g/mol. The monoisotopic (exact) mass is 1430 g/mol. The molecule has 42 heteroatoms. The van der Waals surface area contributed by atoms with Crippen molar-refractivity contribution in [2.75, 3.05) is 46.2 Å². The van der Waals surface area contributed by atoms with Crippen molar-refractivity contribution in [1.29, 1.82) is 0 Å². The van der Waals surface area contributed by atoms with Crippen LogP contribution in [0.3, 0.4) is 0 Å². The second-order valence-corrected chi connectivity index (χ2v) is 24.3. The van der Waals surface area contributed by atoms with Gasteiger partial charge in [-0.05, 0) is 38.5 Å². The van der Waals surface area contributed by atoms with Crippen LogP contribution in [0.2, 0.25) is 0 Å². The third kappa shape index (κ3) is 19.0. The number of benzene rings is 1. The highest BCUT2D eigenvalue weighted by Gasteiger charge is 2.57. The Kier molecular flexibility index (Phi) is 28.3. The van der Waals surface area contributed by atoms with Crippen LogP contribution in [0.25, 0.3) is 0 Å². The summed E-state index contributed by atoms with van der Waals surface area (Å²) >= 11 is 0. The standard InChI is InChI=1S/C56H87N3O39/c1-16(46(79)58-18(3)48(81)82)57-47(80)17(2)59-56(83)90-9-19-4-6-20(7-5-19)91-52-40(76)33(69)43(24(8-60)92-52)96-54-41(77)34(70)45(27(94-54)15-89-51-38(74)30(66)23(63)12-86-51)98-55-42(78)35(71)44(26(95-55)14-88-50-37(73)29(65)22(62)11-85-50)97-53-39(75)32(68)31(67)25(93-53)13-87-49-36(72)28(64)21(61)10-84-49/h4-7,16-18,21-45,49-55,60-78H,8-15H2,1-3H3,(H,57,80)(H,58,79)(H,59,83)(H,81,82)/t16-,17-,18-,21+,22+,23+,24-,25?,26?,27?,28?,29?,30?,31+,32?,33?,34?,35?,36-,37?,38-,39-,40?,41-,42?,43+,44+,45+,49+,50+,51+,52+,53-,54-,55-/m0/s1. The molecule has 0 bridgehead atoms. The molecule has 98 heavy (non-hydrogen) atoms. The molecule has 0 saturated carbocycles. The van der Waals surface area contributed by atoms with Crippen molar-refractivity contribution in [3.63, 3.8) is 0 Å². The number of aliphatic carboxylic acids is 1. The maximum Gasteiger partial charge on any atom is 0.408 e. The topological polar surface area (TPSA) is 647 Å². The zero-order valence-electron chi connectivity index (χ0n) is 52.4. The lowest BCUT2D eigenvalue weighted by molar-refractivity contribution is -0.393. The first-order valence-electron chi connectivity index (χ1n) is 31.0. The summed E-state index contributed by atoms with van der Waals surface area (Å²) < 4.78 is 85.2. The number of carbonyl (C=O) groups excluding carboxylic acids is 3. The summed E-state index contributed by atoms with van der Waals surface area (Å²) in [6.07, 6.45) is -62.9. The number of alkyl carbamates (subject to hydrolysis) is 1. The molecule has 0 aromatic heterocycles. The Balaban J connectivity index is 0.934. The van der Waals surface area contributed by atoms with Gasteiger partial charge in [0.2, 0.25) is 18.1 Å². The highest BCUT2D eigenvalue weighted by atomic mass is 16.8. The Labute approximate surface area is 555 Å². The van der Waals surface area contributed by atoms with Gasteiger partial charge in [0.25, 0.3) is 0 Å². The lowest BCUT2D eigenvalue weighted by Gasteiger charge is -2.49. The number of aliphatic hydroxyl groups is 19. The van der Waals surface area contributed by atoms with Crippen molar-refractivity contribution in [1.82, 2.24) is 16.0 Å². The second-order valence-electron chi connectivity index (χ2n) is 24.3. The summed E-state index contributed by atoms with van der Waals surface area (Å²) in [7, 11) is 0. The smallest absolute Gasteiger partial charge is 0.408 e. The van der Waals surface area contributed by atoms with E-state index in [4.69, 9.17) is 76.2 Å². The summed E-state index contributed by atoms with van der Waals surface area (Å²) in [6, 6.07) is 1.88. The predicted octanol–water partition coefficient (Wildman–Crippen LogP) is -13.6. The Morgan fingerprint density at radius 2 is 0.765 bits per heavy atom. The van der Waals surface area contributed by atoms with E-state index in [9.17, 15) is 116 Å². The number of aliphatic hydroxyl groups excluding tert-OH is 19. The van der Waals surface area contributed by atoms with Gasteiger partial charge in [-0.25, -0.2) is 4.79 Å². The Hall–Kier alpha value is -4.58. The van der Waals surface area contributed by atoms with E-state index < -0.39 is 285 Å². The van der Waals surface area contributed by atoms with Gasteiger partial charge in [-0.2, -0.15) is 0 Å². The zero-order valence-corrected chi connectivity index (χ0v) is 52.4. The van der Waals surface area contributed by atoms with E-state index in [1.165, 1.54) is 45.0 Å². The van der Waals surface area contributed by atoms with Crippen LogP contribution in [0, 0.1) is 0 Å². The minimum Gasteiger partial charge on any atom is -0.480 e. The minimum absolute atomic E-state index is 0.0178. The molecule has 0 spiro atoms. The molecular formula is C56H87N3O39. The Bertz CT molecular complexity index is 2700. The van der Waals surface area contributed by atoms with Gasteiger partial charge in [-0.3, -0.25) is 14.4 Å². The van der Waals surface area contributed by atoms with Crippen LogP contribution in [0.1, 0.15) is 26.3 Å². The molecule has 7 saturated heterocycles. The van der Waals surface area contributed by atoms with Crippen molar-refractivity contribution < 1.29 is 192 Å². The van der Waals surface area contributed by atoms with Gasteiger partial charge in [0.05, 0.1) is 46.2 Å². The van der Waals surface area contributed by atoms with Gasteiger partial charge in [-0.15, -0.1) is 0 Å². The fourth-order valence-electron chi connectivity index (χ4n) is 11.0. The van der Waals surface area contributed by atoms with Crippen LogP contribution in [0.15, 0.2) is 24.3 Å². The average Bonchev–Trinajstić information content (AvgIpc) is 0.776. The molecule has 0 radical (unpaired) electrons. The number of carboxylic acid groups (broad SMARTS) is 1. The van der Waals surface area contributed by atoms with Crippen LogP contribution >= 0.6 is 0 Å². The van der Waals surface area contributed by atoms with E-state index in [0.29, 0.717) is 5.56 Å². The summed E-state index contributed by atoms with van der Waals surface area (Å²) in [5.74, 6) is -2.91. The van der Waals surface area contributed by atoms with E-state index in [1.807, 2.05) is 0 Å². The molecule has 42 nitrogen and oxygen atoms in total. The fourth-order valence-corrected chi connectivity index (χ4v) is 11.0. The molecule has 13 unspecified atom stereocenters. The second kappa shape index (κ2) is 35.1. The first-order chi connectivity index (χ1) is 46.3. The molecule has 7 aliphatic heterocycles. The number of ether oxygens (including phenoxy) is 15. The third-order valence-electron chi connectivity index (χ3n) is 17.0. The molecule has 7 heterocycles. The van der Waals surface area contributed by atoms with E-state index in [1.54, 1.807) is 0 Å². The number of rotatable bonds is 26. The first kappa shape index (κ1) is 79.1. The largest absolute Gasteiger partial charge is 0.480 e. The minimum atomic E-state index is -2.36. The highest BCUT2D eigenvalue weighted by Crippen LogP contribution is 2.37. The molecule has 1 aromatic carbocycles. The molecule has 1 aromatic rings. The van der Waals surface area contributed by atoms with Gasteiger partial charge < -0.3 is 189 Å². The van der Waals surface area contributed by atoms with Crippen LogP contribution in [0.4, 0.5) is 4.79 Å².